The zero-order chi connectivity index (χ0) is 24.1. The summed E-state index contributed by atoms with van der Waals surface area (Å²) in [5, 5.41) is 11.5. The molecule has 0 radical (unpaired) electrons. The van der Waals surface area contributed by atoms with E-state index in [0.717, 1.165) is 18.2 Å². The smallest absolute Gasteiger partial charge is 0.422 e. The van der Waals surface area contributed by atoms with Gasteiger partial charge in [0.05, 0.1) is 5.56 Å². The average Bonchev–Trinajstić information content (AvgIpc) is 3.07. The summed E-state index contributed by atoms with van der Waals surface area (Å²) in [6.45, 7) is -3.50. The molecule has 8 nitrogen and oxygen atoms in total. The summed E-state index contributed by atoms with van der Waals surface area (Å²) < 4.78 is 85.2. The van der Waals surface area contributed by atoms with E-state index >= 15 is 0 Å². The lowest BCUT2D eigenvalue weighted by molar-refractivity contribution is -0.154. The molecule has 1 aromatic heterocycles. The lowest BCUT2D eigenvalue weighted by Crippen LogP contribution is -2.43. The van der Waals surface area contributed by atoms with Crippen LogP contribution in [0.4, 0.5) is 26.3 Å². The topological polar surface area (TPSA) is 103 Å². The van der Waals surface area contributed by atoms with Crippen LogP contribution in [-0.4, -0.2) is 58.1 Å². The first-order chi connectivity index (χ1) is 14.7. The molecule has 2 aromatic rings. The van der Waals surface area contributed by atoms with Crippen LogP contribution in [0.1, 0.15) is 16.2 Å². The predicted molar refractivity (Wildman–Crippen MR) is 95.3 cm³/mol. The third-order valence-electron chi connectivity index (χ3n) is 3.90. The number of ether oxygens (including phenoxy) is 2. The number of imidazole rings is 1. The SMILES string of the molecule is Cn1ccnc1CC(NC(=O)c1cc(OCC(F)(F)F)ccc1OCC(F)(F)F)C(=O)O. The molecule has 2 N–H and O–H groups in total. The van der Waals surface area contributed by atoms with Gasteiger partial charge in [-0.3, -0.25) is 4.79 Å². The number of nitrogens with zero attached hydrogens (tertiary/aromatic N) is 2. The third-order valence-corrected chi connectivity index (χ3v) is 3.90. The number of nitrogens with one attached hydrogen (secondary N) is 1. The molecule has 1 unspecified atom stereocenters. The largest absolute Gasteiger partial charge is 0.484 e. The van der Waals surface area contributed by atoms with Crippen molar-refractivity contribution in [3.8, 4) is 11.5 Å². The molecule has 2 rings (SSSR count). The monoisotopic (exact) mass is 469 g/mol. The third kappa shape index (κ3) is 7.67. The van der Waals surface area contributed by atoms with E-state index in [4.69, 9.17) is 0 Å². The van der Waals surface area contributed by atoms with E-state index in [0.29, 0.717) is 0 Å². The van der Waals surface area contributed by atoms with E-state index in [9.17, 15) is 41.0 Å². The minimum atomic E-state index is -4.76. The van der Waals surface area contributed by atoms with Crippen LogP contribution in [0.2, 0.25) is 0 Å². The van der Waals surface area contributed by atoms with Gasteiger partial charge in [0, 0.05) is 25.9 Å². The van der Waals surface area contributed by atoms with E-state index in [1.165, 1.54) is 17.0 Å². The molecule has 1 aromatic carbocycles. The number of aromatic nitrogens is 2. The molecule has 0 saturated carbocycles. The number of carboxylic acids is 1. The Kier molecular flexibility index (Phi) is 7.59. The van der Waals surface area contributed by atoms with Crippen LogP contribution in [0, 0.1) is 0 Å². The van der Waals surface area contributed by atoms with Gasteiger partial charge in [-0.15, -0.1) is 0 Å². The van der Waals surface area contributed by atoms with Gasteiger partial charge in [0.15, 0.2) is 13.2 Å². The number of alkyl halides is 6. The average molecular weight is 469 g/mol. The van der Waals surface area contributed by atoms with Crippen LogP contribution in [0.15, 0.2) is 30.6 Å². The van der Waals surface area contributed by atoms with Crippen molar-refractivity contribution in [2.75, 3.05) is 13.2 Å². The molecule has 14 heteroatoms. The first kappa shape index (κ1) is 24.8. The van der Waals surface area contributed by atoms with Crippen molar-refractivity contribution in [3.63, 3.8) is 0 Å². The standard InChI is InChI=1S/C18H17F6N3O5/c1-27-5-4-25-14(27)7-12(16(29)30)26-15(28)11-6-10(31-8-17(19,20)21)2-3-13(11)32-9-18(22,23)24/h2-6,12H,7-9H2,1H3,(H,26,28)(H,29,30). The second kappa shape index (κ2) is 9.78. The molecule has 0 fully saturated rings. The summed E-state index contributed by atoms with van der Waals surface area (Å²) in [5.74, 6) is -3.48. The quantitative estimate of drug-likeness (QED) is 0.548. The van der Waals surface area contributed by atoms with Crippen molar-refractivity contribution in [2.24, 2.45) is 7.05 Å². The van der Waals surface area contributed by atoms with Crippen LogP contribution in [-0.2, 0) is 18.3 Å². The van der Waals surface area contributed by atoms with Crippen molar-refractivity contribution in [1.29, 1.82) is 0 Å². The fourth-order valence-corrected chi connectivity index (χ4v) is 2.44. The van der Waals surface area contributed by atoms with Crippen LogP contribution in [0.25, 0.3) is 0 Å². The van der Waals surface area contributed by atoms with Gasteiger partial charge in [0.2, 0.25) is 0 Å². The van der Waals surface area contributed by atoms with Crippen LogP contribution < -0.4 is 14.8 Å². The highest BCUT2D eigenvalue weighted by molar-refractivity contribution is 5.99. The summed E-state index contributed by atoms with van der Waals surface area (Å²) in [6, 6.07) is 0.892. The zero-order valence-electron chi connectivity index (χ0n) is 16.3. The molecular weight excluding hydrogens is 452 g/mol. The van der Waals surface area contributed by atoms with Crippen LogP contribution in [0.3, 0.4) is 0 Å². The zero-order valence-corrected chi connectivity index (χ0v) is 16.3. The summed E-state index contributed by atoms with van der Waals surface area (Å²) in [7, 11) is 1.58. The molecule has 0 spiro atoms. The number of carbonyl (C=O) groups is 2. The highest BCUT2D eigenvalue weighted by Crippen LogP contribution is 2.28. The van der Waals surface area contributed by atoms with Gasteiger partial charge in [-0.25, -0.2) is 9.78 Å². The fraction of sp³-hybridized carbons (Fsp3) is 0.389. The highest BCUT2D eigenvalue weighted by Gasteiger charge is 2.31. The van der Waals surface area contributed by atoms with Crippen molar-refractivity contribution in [2.45, 2.75) is 24.8 Å². The Bertz CT molecular complexity index is 957. The van der Waals surface area contributed by atoms with E-state index in [1.54, 1.807) is 7.05 Å². The molecular formula is C18H17F6N3O5. The number of aryl methyl sites for hydroxylation is 1. The molecule has 0 saturated heterocycles. The van der Waals surface area contributed by atoms with Crippen molar-refractivity contribution < 1.29 is 50.5 Å². The predicted octanol–water partition coefficient (Wildman–Crippen LogP) is 2.73. The summed E-state index contributed by atoms with van der Waals surface area (Å²) in [6.07, 6.45) is -6.82. The van der Waals surface area contributed by atoms with E-state index in [2.05, 4.69) is 19.8 Å². The maximum absolute atomic E-state index is 12.6. The molecule has 0 aliphatic heterocycles. The van der Waals surface area contributed by atoms with Gasteiger partial charge in [-0.05, 0) is 18.2 Å². The maximum atomic E-state index is 12.6. The normalized spacial score (nSPS) is 12.8. The summed E-state index contributed by atoms with van der Waals surface area (Å²) in [5.41, 5.74) is -0.639. The van der Waals surface area contributed by atoms with Gasteiger partial charge in [0.25, 0.3) is 5.91 Å². The van der Waals surface area contributed by atoms with Crippen LogP contribution in [0.5, 0.6) is 11.5 Å². The molecule has 0 bridgehead atoms. The van der Waals surface area contributed by atoms with Crippen LogP contribution >= 0.6 is 0 Å². The van der Waals surface area contributed by atoms with Gasteiger partial charge in [-0.1, -0.05) is 0 Å². The number of carbonyl (C=O) groups excluding carboxylic acids is 1. The number of hydrogen-bond acceptors (Lipinski definition) is 5. The Morgan fingerprint density at radius 3 is 2.28 bits per heavy atom. The maximum Gasteiger partial charge on any atom is 0.422 e. The van der Waals surface area contributed by atoms with E-state index < -0.39 is 60.5 Å². The molecule has 1 amide bonds. The summed E-state index contributed by atoms with van der Waals surface area (Å²) in [4.78, 5) is 28.1. The van der Waals surface area contributed by atoms with Gasteiger partial charge < -0.3 is 24.5 Å². The number of carboxylic acid groups (broad SMARTS) is 1. The van der Waals surface area contributed by atoms with Gasteiger partial charge >= 0.3 is 18.3 Å². The molecule has 0 aliphatic rings. The first-order valence-corrected chi connectivity index (χ1v) is 8.78. The molecule has 1 heterocycles. The Hall–Kier alpha value is -3.45. The number of benzene rings is 1. The van der Waals surface area contributed by atoms with E-state index in [1.807, 2.05) is 0 Å². The minimum Gasteiger partial charge on any atom is -0.484 e. The Morgan fingerprint density at radius 2 is 1.75 bits per heavy atom. The molecule has 176 valence electrons. The second-order valence-electron chi connectivity index (χ2n) is 6.49. The number of hydrogen-bond donors (Lipinski definition) is 2. The fourth-order valence-electron chi connectivity index (χ4n) is 2.44. The Labute approximate surface area is 176 Å². The summed E-state index contributed by atoms with van der Waals surface area (Å²) >= 11 is 0. The lowest BCUT2D eigenvalue weighted by Gasteiger charge is -2.18. The number of halogens is 6. The number of aliphatic carboxylic acids is 1. The van der Waals surface area contributed by atoms with Gasteiger partial charge in [0.1, 0.15) is 23.4 Å². The Balaban J connectivity index is 2.28. The van der Waals surface area contributed by atoms with Crippen molar-refractivity contribution >= 4 is 11.9 Å². The number of amides is 1. The molecule has 1 atom stereocenters. The lowest BCUT2D eigenvalue weighted by atomic mass is 10.1. The first-order valence-electron chi connectivity index (χ1n) is 8.78. The number of rotatable bonds is 9. The molecule has 0 aliphatic carbocycles. The second-order valence-corrected chi connectivity index (χ2v) is 6.49. The molecule has 32 heavy (non-hydrogen) atoms. The van der Waals surface area contributed by atoms with E-state index in [-0.39, 0.29) is 12.2 Å². The van der Waals surface area contributed by atoms with Crippen molar-refractivity contribution in [3.05, 3.63) is 42.0 Å². The Morgan fingerprint density at radius 1 is 1.12 bits per heavy atom. The van der Waals surface area contributed by atoms with Gasteiger partial charge in [-0.2, -0.15) is 26.3 Å². The van der Waals surface area contributed by atoms with Crippen molar-refractivity contribution in [1.82, 2.24) is 14.9 Å². The minimum absolute atomic E-state index is 0.270. The highest BCUT2D eigenvalue weighted by atomic mass is 19.4.